The maximum Gasteiger partial charge on any atom is 0.251 e. The van der Waals surface area contributed by atoms with Crippen molar-refractivity contribution >= 4 is 35.8 Å². The molecule has 2 N–H and O–H groups in total. The first-order valence-electron chi connectivity index (χ1n) is 10.1. The van der Waals surface area contributed by atoms with E-state index in [1.54, 1.807) is 7.11 Å². The second-order valence-corrected chi connectivity index (χ2v) is 7.16. The van der Waals surface area contributed by atoms with Crippen LogP contribution in [-0.4, -0.2) is 50.6 Å². The number of benzene rings is 2. The first-order valence-corrected chi connectivity index (χ1v) is 10.1. The molecule has 1 unspecified atom stereocenters. The highest BCUT2D eigenvalue weighted by Gasteiger charge is 2.26. The third-order valence-corrected chi connectivity index (χ3v) is 5.29. The standard InChI is InChI=1S/C23H30N4O2.HI/c1-4-25-22(28)19-7-5-17(6-8-19)15-26-23(24-2)27-14-13-20(16-27)18-9-11-21(29-3)12-10-18;/h5-12,20H,4,13-16H2,1-3H3,(H,24,26)(H,25,28);1H. The summed E-state index contributed by atoms with van der Waals surface area (Å²) in [4.78, 5) is 18.6. The fourth-order valence-electron chi connectivity index (χ4n) is 3.65. The molecule has 1 aliphatic rings. The zero-order valence-corrected chi connectivity index (χ0v) is 20.2. The first-order chi connectivity index (χ1) is 14.1. The molecule has 0 spiro atoms. The molecule has 7 heteroatoms. The van der Waals surface area contributed by atoms with Crippen molar-refractivity contribution in [2.24, 2.45) is 4.99 Å². The minimum atomic E-state index is -0.0375. The van der Waals surface area contributed by atoms with Crippen molar-refractivity contribution in [1.82, 2.24) is 15.5 Å². The molecule has 30 heavy (non-hydrogen) atoms. The number of carbonyl (C=O) groups is 1. The van der Waals surface area contributed by atoms with Gasteiger partial charge in [0.05, 0.1) is 7.11 Å². The Hall–Kier alpha value is -2.29. The van der Waals surface area contributed by atoms with E-state index in [1.807, 2.05) is 50.4 Å². The molecule has 0 aliphatic carbocycles. The number of ether oxygens (including phenoxy) is 1. The van der Waals surface area contributed by atoms with Crippen molar-refractivity contribution in [3.05, 3.63) is 65.2 Å². The Morgan fingerprint density at radius 2 is 1.83 bits per heavy atom. The van der Waals surface area contributed by atoms with Gasteiger partial charge in [0, 0.05) is 44.7 Å². The lowest BCUT2D eigenvalue weighted by Gasteiger charge is -2.22. The third kappa shape index (κ3) is 6.10. The minimum Gasteiger partial charge on any atom is -0.497 e. The molecule has 6 nitrogen and oxygen atoms in total. The van der Waals surface area contributed by atoms with Gasteiger partial charge in [-0.25, -0.2) is 0 Å². The summed E-state index contributed by atoms with van der Waals surface area (Å²) in [6, 6.07) is 16.0. The summed E-state index contributed by atoms with van der Waals surface area (Å²) in [7, 11) is 3.51. The Balaban J connectivity index is 0.00000320. The quantitative estimate of drug-likeness (QED) is 0.346. The molecular weight excluding hydrogens is 491 g/mol. The van der Waals surface area contributed by atoms with Gasteiger partial charge in [0.1, 0.15) is 5.75 Å². The summed E-state index contributed by atoms with van der Waals surface area (Å²) in [5.41, 5.74) is 3.14. The molecule has 1 atom stereocenters. The summed E-state index contributed by atoms with van der Waals surface area (Å²) >= 11 is 0. The molecule has 1 saturated heterocycles. The number of nitrogens with zero attached hydrogens (tertiary/aromatic N) is 2. The fraction of sp³-hybridized carbons (Fsp3) is 0.391. The zero-order valence-electron chi connectivity index (χ0n) is 17.9. The molecule has 0 bridgehead atoms. The van der Waals surface area contributed by atoms with Gasteiger partial charge in [-0.1, -0.05) is 24.3 Å². The fourth-order valence-corrected chi connectivity index (χ4v) is 3.65. The van der Waals surface area contributed by atoms with Crippen LogP contribution in [0.1, 0.15) is 40.7 Å². The molecule has 0 saturated carbocycles. The van der Waals surface area contributed by atoms with Gasteiger partial charge in [0.15, 0.2) is 5.96 Å². The molecule has 1 aliphatic heterocycles. The van der Waals surface area contributed by atoms with E-state index in [4.69, 9.17) is 4.74 Å². The average Bonchev–Trinajstić information content (AvgIpc) is 3.25. The highest BCUT2D eigenvalue weighted by atomic mass is 127. The van der Waals surface area contributed by atoms with E-state index in [2.05, 4.69) is 32.7 Å². The average molecular weight is 522 g/mol. The van der Waals surface area contributed by atoms with E-state index >= 15 is 0 Å². The monoisotopic (exact) mass is 522 g/mol. The number of hydrogen-bond acceptors (Lipinski definition) is 3. The molecule has 3 rings (SSSR count). The normalized spacial score (nSPS) is 16.0. The van der Waals surface area contributed by atoms with Gasteiger partial charge in [-0.3, -0.25) is 9.79 Å². The number of rotatable bonds is 6. The Morgan fingerprint density at radius 3 is 2.43 bits per heavy atom. The SMILES string of the molecule is CCNC(=O)c1ccc(CNC(=NC)N2CCC(c3ccc(OC)cc3)C2)cc1.I. The molecule has 1 fully saturated rings. The van der Waals surface area contributed by atoms with Crippen LogP contribution >= 0.6 is 24.0 Å². The lowest BCUT2D eigenvalue weighted by Crippen LogP contribution is -2.39. The number of likely N-dealkylation sites (tertiary alicyclic amines) is 1. The highest BCUT2D eigenvalue weighted by molar-refractivity contribution is 14.0. The number of nitrogens with one attached hydrogen (secondary N) is 2. The molecule has 2 aromatic rings. The number of aliphatic imine (C=N–C) groups is 1. The number of methoxy groups -OCH3 is 1. The van der Waals surface area contributed by atoms with Crippen molar-refractivity contribution in [2.45, 2.75) is 25.8 Å². The molecule has 2 aromatic carbocycles. The molecule has 162 valence electrons. The van der Waals surface area contributed by atoms with Crippen LogP contribution in [-0.2, 0) is 6.54 Å². The van der Waals surface area contributed by atoms with Crippen molar-refractivity contribution in [1.29, 1.82) is 0 Å². The van der Waals surface area contributed by atoms with Gasteiger partial charge in [-0.15, -0.1) is 24.0 Å². The molecule has 0 aromatic heterocycles. The van der Waals surface area contributed by atoms with Crippen LogP contribution in [0.25, 0.3) is 0 Å². The van der Waals surface area contributed by atoms with E-state index in [0.717, 1.165) is 36.8 Å². The second kappa shape index (κ2) is 11.8. The third-order valence-electron chi connectivity index (χ3n) is 5.29. The zero-order chi connectivity index (χ0) is 20.6. The second-order valence-electron chi connectivity index (χ2n) is 7.16. The summed E-state index contributed by atoms with van der Waals surface area (Å²) in [5, 5.41) is 6.26. The van der Waals surface area contributed by atoms with Crippen LogP contribution in [0.15, 0.2) is 53.5 Å². The maximum atomic E-state index is 11.9. The van der Waals surface area contributed by atoms with Crippen LogP contribution in [0, 0.1) is 0 Å². The number of halogens is 1. The number of carbonyl (C=O) groups excluding carboxylic acids is 1. The van der Waals surface area contributed by atoms with Gasteiger partial charge in [0.2, 0.25) is 0 Å². The Kier molecular flexibility index (Phi) is 9.42. The van der Waals surface area contributed by atoms with Crippen molar-refractivity contribution in [2.75, 3.05) is 33.8 Å². The maximum absolute atomic E-state index is 11.9. The lowest BCUT2D eigenvalue weighted by atomic mass is 9.98. The van der Waals surface area contributed by atoms with Gasteiger partial charge >= 0.3 is 0 Å². The summed E-state index contributed by atoms with van der Waals surface area (Å²) in [6.07, 6.45) is 1.11. The van der Waals surface area contributed by atoms with Crippen molar-refractivity contribution in [3.8, 4) is 5.75 Å². The number of hydrogen-bond donors (Lipinski definition) is 2. The minimum absolute atomic E-state index is 0. The van der Waals surface area contributed by atoms with Crippen LogP contribution in [0.2, 0.25) is 0 Å². The van der Waals surface area contributed by atoms with Crippen molar-refractivity contribution in [3.63, 3.8) is 0 Å². The smallest absolute Gasteiger partial charge is 0.251 e. The summed E-state index contributed by atoms with van der Waals surface area (Å²) < 4.78 is 5.25. The summed E-state index contributed by atoms with van der Waals surface area (Å²) in [6.45, 7) is 5.14. The Labute approximate surface area is 196 Å². The van der Waals surface area contributed by atoms with Crippen molar-refractivity contribution < 1.29 is 9.53 Å². The summed E-state index contributed by atoms with van der Waals surface area (Å²) in [5.74, 6) is 2.26. The molecule has 1 amide bonds. The van der Waals surface area contributed by atoms with Crippen LogP contribution in [0.3, 0.4) is 0 Å². The van der Waals surface area contributed by atoms with Gasteiger partial charge < -0.3 is 20.3 Å². The van der Waals surface area contributed by atoms with Gasteiger partial charge in [-0.05, 0) is 48.7 Å². The highest BCUT2D eigenvalue weighted by Crippen LogP contribution is 2.28. The van der Waals surface area contributed by atoms with Gasteiger partial charge in [0.25, 0.3) is 5.91 Å². The predicted octanol–water partition coefficient (Wildman–Crippen LogP) is 3.63. The largest absolute Gasteiger partial charge is 0.497 e. The van der Waals surface area contributed by atoms with E-state index in [0.29, 0.717) is 24.6 Å². The molecule has 0 radical (unpaired) electrons. The van der Waals surface area contributed by atoms with E-state index in [1.165, 1.54) is 5.56 Å². The van der Waals surface area contributed by atoms with E-state index in [-0.39, 0.29) is 29.9 Å². The van der Waals surface area contributed by atoms with Crippen LogP contribution in [0.5, 0.6) is 5.75 Å². The van der Waals surface area contributed by atoms with Crippen LogP contribution in [0.4, 0.5) is 0 Å². The van der Waals surface area contributed by atoms with Crippen LogP contribution < -0.4 is 15.4 Å². The van der Waals surface area contributed by atoms with E-state index in [9.17, 15) is 4.79 Å². The van der Waals surface area contributed by atoms with E-state index < -0.39 is 0 Å². The number of guanidine groups is 1. The predicted molar refractivity (Wildman–Crippen MR) is 132 cm³/mol. The molecular formula is C23H31IN4O2. The number of amides is 1. The topological polar surface area (TPSA) is 66.0 Å². The molecule has 1 heterocycles. The Bertz CT molecular complexity index is 837. The lowest BCUT2D eigenvalue weighted by molar-refractivity contribution is 0.0956. The Morgan fingerprint density at radius 1 is 1.13 bits per heavy atom. The first kappa shape index (κ1) is 24.0. The van der Waals surface area contributed by atoms with Gasteiger partial charge in [-0.2, -0.15) is 0 Å².